The monoisotopic (exact) mass is 488 g/mol. The van der Waals surface area contributed by atoms with Crippen molar-refractivity contribution < 1.29 is 23.9 Å². The number of aryl methyl sites for hydroxylation is 3. The third-order valence-corrected chi connectivity index (χ3v) is 5.67. The first-order valence-electron chi connectivity index (χ1n) is 12.0. The number of hydrogen-bond donors (Lipinski definition) is 2. The second-order valence-electron chi connectivity index (χ2n) is 8.49. The van der Waals surface area contributed by atoms with Crippen LogP contribution in [0.25, 0.3) is 0 Å². The molecule has 0 saturated carbocycles. The number of hydrogen-bond acceptors (Lipinski definition) is 5. The zero-order chi connectivity index (χ0) is 25.9. The molecule has 0 bridgehead atoms. The maximum Gasteiger partial charge on any atom is 0.306 e. The molecule has 3 rings (SSSR count). The number of esters is 1. The van der Waals surface area contributed by atoms with Gasteiger partial charge in [0.1, 0.15) is 11.5 Å². The van der Waals surface area contributed by atoms with Crippen LogP contribution in [0.4, 0.5) is 11.4 Å². The van der Waals surface area contributed by atoms with Crippen LogP contribution >= 0.6 is 0 Å². The van der Waals surface area contributed by atoms with E-state index < -0.39 is 11.9 Å². The van der Waals surface area contributed by atoms with Crippen LogP contribution in [0.5, 0.6) is 11.5 Å². The molecule has 0 aliphatic carbocycles. The fourth-order valence-corrected chi connectivity index (χ4v) is 3.49. The van der Waals surface area contributed by atoms with Gasteiger partial charge in [-0.25, -0.2) is 0 Å². The molecular formula is C29H32N2O5. The van der Waals surface area contributed by atoms with Crippen LogP contribution in [0.1, 0.15) is 42.9 Å². The molecule has 0 heterocycles. The summed E-state index contributed by atoms with van der Waals surface area (Å²) < 4.78 is 10.9. The Labute approximate surface area is 211 Å². The standard InChI is InChI=1S/C29H32N2O5/c1-4-22-8-5-6-9-26(22)31-28(33)19-35-29(34)11-7-10-27(32)30-23-13-16-24(17-14-23)36-25-15-12-20(2)21(3)18-25/h5-6,8-9,12-18H,4,7,10-11,19H2,1-3H3,(H,30,32)(H,31,33). The molecule has 0 saturated heterocycles. The van der Waals surface area contributed by atoms with Crippen LogP contribution in [0, 0.1) is 13.8 Å². The molecule has 36 heavy (non-hydrogen) atoms. The zero-order valence-corrected chi connectivity index (χ0v) is 20.9. The molecule has 0 fully saturated rings. The summed E-state index contributed by atoms with van der Waals surface area (Å²) in [4.78, 5) is 36.2. The van der Waals surface area contributed by atoms with E-state index in [2.05, 4.69) is 10.6 Å². The second kappa shape index (κ2) is 13.1. The van der Waals surface area contributed by atoms with Gasteiger partial charge in [0.15, 0.2) is 6.61 Å². The zero-order valence-electron chi connectivity index (χ0n) is 20.9. The largest absolute Gasteiger partial charge is 0.457 e. The Bertz CT molecular complexity index is 1200. The van der Waals surface area contributed by atoms with Crippen molar-refractivity contribution >= 4 is 29.2 Å². The van der Waals surface area contributed by atoms with E-state index in [4.69, 9.17) is 9.47 Å². The Morgan fingerprint density at radius 1 is 0.778 bits per heavy atom. The quantitative estimate of drug-likeness (QED) is 0.325. The maximum atomic E-state index is 12.2. The lowest BCUT2D eigenvalue weighted by molar-refractivity contribution is -0.147. The lowest BCUT2D eigenvalue weighted by atomic mass is 10.1. The molecule has 0 aromatic heterocycles. The Hall–Kier alpha value is -4.13. The number of amides is 2. The molecule has 188 valence electrons. The summed E-state index contributed by atoms with van der Waals surface area (Å²) in [5.41, 5.74) is 4.71. The van der Waals surface area contributed by atoms with Gasteiger partial charge in [-0.1, -0.05) is 31.2 Å². The summed E-state index contributed by atoms with van der Waals surface area (Å²) in [5.74, 6) is 0.298. The minimum absolute atomic E-state index is 0.0506. The summed E-state index contributed by atoms with van der Waals surface area (Å²) in [5, 5.41) is 5.55. The SMILES string of the molecule is CCc1ccccc1NC(=O)COC(=O)CCCC(=O)Nc1ccc(Oc2ccc(C)c(C)c2)cc1. The van der Waals surface area contributed by atoms with Gasteiger partial charge < -0.3 is 20.1 Å². The molecule has 2 amide bonds. The summed E-state index contributed by atoms with van der Waals surface area (Å²) in [7, 11) is 0. The summed E-state index contributed by atoms with van der Waals surface area (Å²) in [6.45, 7) is 5.72. The van der Waals surface area contributed by atoms with Gasteiger partial charge in [0.25, 0.3) is 5.91 Å². The molecule has 3 aromatic rings. The normalized spacial score (nSPS) is 10.4. The number of carbonyl (C=O) groups is 3. The highest BCUT2D eigenvalue weighted by Crippen LogP contribution is 2.25. The van der Waals surface area contributed by atoms with Crippen molar-refractivity contribution in [2.75, 3.05) is 17.2 Å². The molecule has 7 heteroatoms. The van der Waals surface area contributed by atoms with Crippen molar-refractivity contribution in [3.05, 3.63) is 83.4 Å². The topological polar surface area (TPSA) is 93.7 Å². The van der Waals surface area contributed by atoms with Gasteiger partial charge in [-0.2, -0.15) is 0 Å². The van der Waals surface area contributed by atoms with E-state index in [9.17, 15) is 14.4 Å². The molecule has 0 atom stereocenters. The average Bonchev–Trinajstić information content (AvgIpc) is 2.86. The molecule has 0 aliphatic rings. The third-order valence-electron chi connectivity index (χ3n) is 5.67. The van der Waals surface area contributed by atoms with Crippen LogP contribution in [-0.2, 0) is 25.5 Å². The molecular weight excluding hydrogens is 456 g/mol. The minimum atomic E-state index is -0.519. The predicted octanol–water partition coefficient (Wildman–Crippen LogP) is 5.95. The molecule has 0 unspecified atom stereocenters. The van der Waals surface area contributed by atoms with Crippen LogP contribution in [0.3, 0.4) is 0 Å². The highest BCUT2D eigenvalue weighted by Gasteiger charge is 2.11. The first kappa shape index (κ1) is 26.5. The van der Waals surface area contributed by atoms with E-state index in [0.29, 0.717) is 23.5 Å². The number of carbonyl (C=O) groups excluding carboxylic acids is 3. The van der Waals surface area contributed by atoms with Gasteiger partial charge in [-0.05, 0) is 85.8 Å². The molecule has 0 spiro atoms. The van der Waals surface area contributed by atoms with Crippen molar-refractivity contribution in [1.29, 1.82) is 0 Å². The highest BCUT2D eigenvalue weighted by molar-refractivity contribution is 5.93. The fourth-order valence-electron chi connectivity index (χ4n) is 3.49. The van der Waals surface area contributed by atoms with Crippen molar-refractivity contribution in [2.45, 2.75) is 46.5 Å². The molecule has 3 aromatic carbocycles. The van der Waals surface area contributed by atoms with E-state index in [1.807, 2.05) is 63.2 Å². The molecule has 2 N–H and O–H groups in total. The summed E-state index contributed by atoms with van der Waals surface area (Å²) in [6.07, 6.45) is 1.31. The Morgan fingerprint density at radius 3 is 2.22 bits per heavy atom. The predicted molar refractivity (Wildman–Crippen MR) is 140 cm³/mol. The average molecular weight is 489 g/mol. The first-order valence-corrected chi connectivity index (χ1v) is 12.0. The van der Waals surface area contributed by atoms with Crippen molar-refractivity contribution in [2.24, 2.45) is 0 Å². The van der Waals surface area contributed by atoms with Crippen LogP contribution in [0.2, 0.25) is 0 Å². The van der Waals surface area contributed by atoms with E-state index in [1.54, 1.807) is 24.3 Å². The van der Waals surface area contributed by atoms with E-state index in [-0.39, 0.29) is 25.4 Å². The highest BCUT2D eigenvalue weighted by atomic mass is 16.5. The van der Waals surface area contributed by atoms with E-state index in [0.717, 1.165) is 23.3 Å². The number of anilines is 2. The van der Waals surface area contributed by atoms with E-state index >= 15 is 0 Å². The molecule has 0 aliphatic heterocycles. The fraction of sp³-hybridized carbons (Fsp3) is 0.276. The van der Waals surface area contributed by atoms with Gasteiger partial charge >= 0.3 is 5.97 Å². The first-order chi connectivity index (χ1) is 17.3. The summed E-state index contributed by atoms with van der Waals surface area (Å²) in [6, 6.07) is 20.5. The Morgan fingerprint density at radius 2 is 1.50 bits per heavy atom. The lowest BCUT2D eigenvalue weighted by Crippen LogP contribution is -2.21. The van der Waals surface area contributed by atoms with Gasteiger partial charge in [0, 0.05) is 24.2 Å². The number of ether oxygens (including phenoxy) is 2. The van der Waals surface area contributed by atoms with E-state index in [1.165, 1.54) is 5.56 Å². The van der Waals surface area contributed by atoms with Crippen LogP contribution in [0.15, 0.2) is 66.7 Å². The number of benzene rings is 3. The summed E-state index contributed by atoms with van der Waals surface area (Å²) >= 11 is 0. The lowest BCUT2D eigenvalue weighted by Gasteiger charge is -2.10. The Kier molecular flexibility index (Phi) is 9.63. The Balaban J connectivity index is 1.34. The smallest absolute Gasteiger partial charge is 0.306 e. The van der Waals surface area contributed by atoms with Crippen molar-refractivity contribution in [3.8, 4) is 11.5 Å². The van der Waals surface area contributed by atoms with Gasteiger partial charge in [0.2, 0.25) is 5.91 Å². The van der Waals surface area contributed by atoms with Crippen molar-refractivity contribution in [1.82, 2.24) is 0 Å². The van der Waals surface area contributed by atoms with Gasteiger partial charge in [-0.3, -0.25) is 14.4 Å². The van der Waals surface area contributed by atoms with Crippen molar-refractivity contribution in [3.63, 3.8) is 0 Å². The molecule has 7 nitrogen and oxygen atoms in total. The second-order valence-corrected chi connectivity index (χ2v) is 8.49. The number of nitrogens with one attached hydrogen (secondary N) is 2. The van der Waals surface area contributed by atoms with Gasteiger partial charge in [-0.15, -0.1) is 0 Å². The van der Waals surface area contributed by atoms with Gasteiger partial charge in [0.05, 0.1) is 0 Å². The number of para-hydroxylation sites is 1. The van der Waals surface area contributed by atoms with Crippen LogP contribution in [-0.4, -0.2) is 24.4 Å². The molecule has 0 radical (unpaired) electrons. The minimum Gasteiger partial charge on any atom is -0.457 e. The number of rotatable bonds is 11. The van der Waals surface area contributed by atoms with Crippen LogP contribution < -0.4 is 15.4 Å². The third kappa shape index (κ3) is 8.27. The maximum absolute atomic E-state index is 12.2.